The highest BCUT2D eigenvalue weighted by Crippen LogP contribution is 2.20. The maximum Gasteiger partial charge on any atom is 0.124 e. The first-order valence-electron chi connectivity index (χ1n) is 5.28. The minimum atomic E-state index is -0.439. The molecule has 1 heterocycles. The second-order valence-corrected chi connectivity index (χ2v) is 5.56. The van der Waals surface area contributed by atoms with Crippen LogP contribution in [0.2, 0.25) is 0 Å². The number of benzene rings is 1. The third-order valence-electron chi connectivity index (χ3n) is 2.52. The van der Waals surface area contributed by atoms with Gasteiger partial charge in [-0.3, -0.25) is 0 Å². The van der Waals surface area contributed by atoms with Crippen LogP contribution in [0.1, 0.15) is 11.1 Å². The molecule has 0 fully saturated rings. The first kappa shape index (κ1) is 12.7. The van der Waals surface area contributed by atoms with Crippen LogP contribution in [-0.2, 0) is 12.8 Å². The van der Waals surface area contributed by atoms with Gasteiger partial charge in [0.25, 0.3) is 0 Å². The summed E-state index contributed by atoms with van der Waals surface area (Å²) in [6.45, 7) is 0. The molecule has 0 bridgehead atoms. The van der Waals surface area contributed by atoms with Gasteiger partial charge < -0.3 is 5.11 Å². The number of aliphatic hydroxyl groups is 1. The van der Waals surface area contributed by atoms with Crippen LogP contribution in [0.5, 0.6) is 0 Å². The predicted molar refractivity (Wildman–Crippen MR) is 71.8 cm³/mol. The van der Waals surface area contributed by atoms with Crippen molar-refractivity contribution in [2.24, 2.45) is 0 Å². The Kier molecular flexibility index (Phi) is 4.31. The van der Waals surface area contributed by atoms with E-state index >= 15 is 0 Å². The highest BCUT2D eigenvalue weighted by atomic mass is 79.9. The fraction of sp³-hybridized carbons (Fsp3) is 0.231. The molecule has 2 rings (SSSR count). The van der Waals surface area contributed by atoms with Crippen LogP contribution in [-0.4, -0.2) is 11.2 Å². The zero-order chi connectivity index (χ0) is 12.3. The lowest BCUT2D eigenvalue weighted by atomic mass is 10.0. The molecule has 0 aliphatic carbocycles. The molecular weight excluding hydrogens is 303 g/mol. The first-order valence-corrected chi connectivity index (χ1v) is 7.02. The molecule has 1 N–H and O–H groups in total. The van der Waals surface area contributed by atoms with Crippen molar-refractivity contribution in [3.8, 4) is 0 Å². The summed E-state index contributed by atoms with van der Waals surface area (Å²) in [7, 11) is 0. The molecule has 1 atom stereocenters. The van der Waals surface area contributed by atoms with Gasteiger partial charge in [0.1, 0.15) is 5.82 Å². The molecule has 0 radical (unpaired) electrons. The summed E-state index contributed by atoms with van der Waals surface area (Å²) >= 11 is 4.93. The maximum atomic E-state index is 12.9. The number of hydrogen-bond donors (Lipinski definition) is 1. The van der Waals surface area contributed by atoms with E-state index in [-0.39, 0.29) is 5.82 Å². The summed E-state index contributed by atoms with van der Waals surface area (Å²) in [4.78, 5) is 0. The van der Waals surface area contributed by atoms with Crippen molar-refractivity contribution in [3.05, 3.63) is 56.4 Å². The van der Waals surface area contributed by atoms with Crippen molar-refractivity contribution in [1.82, 2.24) is 0 Å². The highest BCUT2D eigenvalue weighted by Gasteiger charge is 2.10. The average Bonchev–Trinajstić information content (AvgIpc) is 2.75. The Morgan fingerprint density at radius 1 is 1.29 bits per heavy atom. The molecule has 0 spiro atoms. The van der Waals surface area contributed by atoms with E-state index in [1.165, 1.54) is 12.1 Å². The maximum absolute atomic E-state index is 12.9. The van der Waals surface area contributed by atoms with E-state index in [0.29, 0.717) is 17.3 Å². The number of halogens is 2. The molecule has 0 aliphatic heterocycles. The van der Waals surface area contributed by atoms with Gasteiger partial charge in [0.15, 0.2) is 0 Å². The molecule has 17 heavy (non-hydrogen) atoms. The minimum Gasteiger partial charge on any atom is -0.392 e. The van der Waals surface area contributed by atoms with Crippen LogP contribution in [0.15, 0.2) is 39.5 Å². The standard InChI is InChI=1S/C13H12BrFOS/c14-13-7-11(15)2-1-10(13)6-12(16)5-9-3-4-17-8-9/h1-4,7-8,12,16H,5-6H2. The van der Waals surface area contributed by atoms with Crippen LogP contribution in [0.25, 0.3) is 0 Å². The Morgan fingerprint density at radius 3 is 2.76 bits per heavy atom. The molecule has 1 aromatic heterocycles. The fourth-order valence-corrected chi connectivity index (χ4v) is 2.89. The molecule has 0 saturated carbocycles. The number of thiophene rings is 1. The molecule has 0 saturated heterocycles. The van der Waals surface area contributed by atoms with E-state index in [4.69, 9.17) is 0 Å². The average molecular weight is 315 g/mol. The lowest BCUT2D eigenvalue weighted by molar-refractivity contribution is 0.175. The van der Waals surface area contributed by atoms with Gasteiger partial charge in [-0.05, 0) is 52.9 Å². The second-order valence-electron chi connectivity index (χ2n) is 3.93. The molecule has 0 aliphatic rings. The zero-order valence-corrected chi connectivity index (χ0v) is 11.5. The molecule has 1 unspecified atom stereocenters. The van der Waals surface area contributed by atoms with Crippen LogP contribution >= 0.6 is 27.3 Å². The van der Waals surface area contributed by atoms with Crippen molar-refractivity contribution < 1.29 is 9.50 Å². The van der Waals surface area contributed by atoms with E-state index in [1.54, 1.807) is 17.4 Å². The summed E-state index contributed by atoms with van der Waals surface area (Å²) in [5, 5.41) is 14.0. The predicted octanol–water partition coefficient (Wildman–Crippen LogP) is 3.80. The van der Waals surface area contributed by atoms with Gasteiger partial charge in [0.2, 0.25) is 0 Å². The van der Waals surface area contributed by atoms with Crippen molar-refractivity contribution in [2.45, 2.75) is 18.9 Å². The van der Waals surface area contributed by atoms with E-state index in [9.17, 15) is 9.50 Å². The molecular formula is C13H12BrFOS. The van der Waals surface area contributed by atoms with Crippen molar-refractivity contribution in [3.63, 3.8) is 0 Å². The Morgan fingerprint density at radius 2 is 2.12 bits per heavy atom. The minimum absolute atomic E-state index is 0.270. The molecule has 90 valence electrons. The van der Waals surface area contributed by atoms with E-state index in [2.05, 4.69) is 15.9 Å². The number of aliphatic hydroxyl groups excluding tert-OH is 1. The lowest BCUT2D eigenvalue weighted by Crippen LogP contribution is -2.13. The van der Waals surface area contributed by atoms with Gasteiger partial charge >= 0.3 is 0 Å². The number of rotatable bonds is 4. The Balaban J connectivity index is 2.00. The van der Waals surface area contributed by atoms with Crippen LogP contribution in [0.4, 0.5) is 4.39 Å². The highest BCUT2D eigenvalue weighted by molar-refractivity contribution is 9.10. The van der Waals surface area contributed by atoms with E-state index in [1.807, 2.05) is 16.8 Å². The summed E-state index contributed by atoms with van der Waals surface area (Å²) in [5.41, 5.74) is 2.06. The monoisotopic (exact) mass is 314 g/mol. The van der Waals surface area contributed by atoms with Crippen LogP contribution in [0.3, 0.4) is 0 Å². The van der Waals surface area contributed by atoms with Gasteiger partial charge in [-0.15, -0.1) is 0 Å². The van der Waals surface area contributed by atoms with Gasteiger partial charge in [0.05, 0.1) is 6.10 Å². The van der Waals surface area contributed by atoms with Gasteiger partial charge in [-0.2, -0.15) is 11.3 Å². The Labute approximate surface area is 112 Å². The largest absolute Gasteiger partial charge is 0.392 e. The molecule has 4 heteroatoms. The SMILES string of the molecule is OC(Cc1ccsc1)Cc1ccc(F)cc1Br. The summed E-state index contributed by atoms with van der Waals surface area (Å²) in [5.74, 6) is -0.270. The summed E-state index contributed by atoms with van der Waals surface area (Å²) < 4.78 is 13.6. The third kappa shape index (κ3) is 3.63. The van der Waals surface area contributed by atoms with Crippen molar-refractivity contribution in [2.75, 3.05) is 0 Å². The smallest absolute Gasteiger partial charge is 0.124 e. The van der Waals surface area contributed by atoms with Gasteiger partial charge in [0, 0.05) is 4.47 Å². The van der Waals surface area contributed by atoms with Crippen molar-refractivity contribution >= 4 is 27.3 Å². The topological polar surface area (TPSA) is 20.2 Å². The third-order valence-corrected chi connectivity index (χ3v) is 3.99. The normalized spacial score (nSPS) is 12.6. The molecule has 0 amide bonds. The molecule has 1 aromatic carbocycles. The van der Waals surface area contributed by atoms with E-state index in [0.717, 1.165) is 11.1 Å². The van der Waals surface area contributed by atoms with E-state index < -0.39 is 6.10 Å². The summed E-state index contributed by atoms with van der Waals surface area (Å²) in [6, 6.07) is 6.55. The second kappa shape index (κ2) is 5.76. The van der Waals surface area contributed by atoms with Crippen LogP contribution < -0.4 is 0 Å². The Hall–Kier alpha value is -0.710. The van der Waals surface area contributed by atoms with Gasteiger partial charge in [-0.25, -0.2) is 4.39 Å². The molecule has 1 nitrogen and oxygen atoms in total. The lowest BCUT2D eigenvalue weighted by Gasteiger charge is -2.11. The molecule has 2 aromatic rings. The zero-order valence-electron chi connectivity index (χ0n) is 9.07. The number of hydrogen-bond acceptors (Lipinski definition) is 2. The van der Waals surface area contributed by atoms with Crippen LogP contribution in [0, 0.1) is 5.82 Å². The van der Waals surface area contributed by atoms with Gasteiger partial charge in [-0.1, -0.05) is 22.0 Å². The first-order chi connectivity index (χ1) is 8.15. The quantitative estimate of drug-likeness (QED) is 0.910. The summed E-state index contributed by atoms with van der Waals surface area (Å²) in [6.07, 6.45) is 0.718. The van der Waals surface area contributed by atoms with Crippen molar-refractivity contribution in [1.29, 1.82) is 0 Å². The fourth-order valence-electron chi connectivity index (χ4n) is 1.69. The Bertz CT molecular complexity index is 484.